The predicted molar refractivity (Wildman–Crippen MR) is 55.1 cm³/mol. The fraction of sp³-hybridized carbons (Fsp3) is 0.111. The minimum atomic E-state index is -1.33. The van der Waals surface area contributed by atoms with Gasteiger partial charge in [0.2, 0.25) is 0 Å². The van der Waals surface area contributed by atoms with Crippen LogP contribution < -0.4 is 5.48 Å². The second-order valence-electron chi connectivity index (χ2n) is 2.86. The quantitative estimate of drug-likeness (QED) is 0.826. The van der Waals surface area contributed by atoms with Gasteiger partial charge in [-0.15, -0.1) is 0 Å². The van der Waals surface area contributed by atoms with Gasteiger partial charge < -0.3 is 5.11 Å². The summed E-state index contributed by atoms with van der Waals surface area (Å²) in [4.78, 5) is 25.5. The highest BCUT2D eigenvalue weighted by Gasteiger charge is 2.18. The number of carbonyl (C=O) groups is 2. The van der Waals surface area contributed by atoms with E-state index in [0.29, 0.717) is 0 Å². The van der Waals surface area contributed by atoms with Crippen LogP contribution in [-0.4, -0.2) is 23.6 Å². The first-order valence-corrected chi connectivity index (χ1v) is 4.99. The summed E-state index contributed by atoms with van der Waals surface area (Å²) in [5, 5.41) is 8.21. The minimum Gasteiger partial charge on any atom is -0.479 e. The van der Waals surface area contributed by atoms with Crippen molar-refractivity contribution in [1.82, 2.24) is 5.48 Å². The number of carboxylic acids is 1. The fourth-order valence-corrected chi connectivity index (χ4v) is 1.38. The molecule has 0 unspecified atom stereocenters. The topological polar surface area (TPSA) is 75.6 Å². The number of halogens is 3. The molecule has 0 aliphatic rings. The lowest BCUT2D eigenvalue weighted by Gasteiger charge is -2.06. The minimum absolute atomic E-state index is 0.135. The van der Waals surface area contributed by atoms with E-state index in [2.05, 4.69) is 20.8 Å². The van der Waals surface area contributed by atoms with Crippen molar-refractivity contribution in [3.8, 4) is 0 Å². The van der Waals surface area contributed by atoms with Crippen LogP contribution in [0.5, 0.6) is 0 Å². The van der Waals surface area contributed by atoms with E-state index in [1.807, 2.05) is 0 Å². The Morgan fingerprint density at radius 2 is 1.88 bits per heavy atom. The molecule has 1 amide bonds. The maximum atomic E-state index is 13.2. The third-order valence-electron chi connectivity index (χ3n) is 1.59. The van der Waals surface area contributed by atoms with Crippen LogP contribution in [0.2, 0.25) is 0 Å². The van der Waals surface area contributed by atoms with Gasteiger partial charge in [0.1, 0.15) is 17.2 Å². The number of hydrogen-bond donors (Lipinski definition) is 2. The maximum Gasteiger partial charge on any atom is 0.332 e. The summed E-state index contributed by atoms with van der Waals surface area (Å²) in [6, 6.07) is 1.80. The third kappa shape index (κ3) is 3.75. The lowest BCUT2D eigenvalue weighted by molar-refractivity contribution is -0.144. The van der Waals surface area contributed by atoms with Crippen LogP contribution in [0.4, 0.5) is 8.78 Å². The highest BCUT2D eigenvalue weighted by Crippen LogP contribution is 2.19. The zero-order valence-electron chi connectivity index (χ0n) is 8.17. The van der Waals surface area contributed by atoms with E-state index in [1.165, 1.54) is 0 Å². The molecule has 2 N–H and O–H groups in total. The summed E-state index contributed by atoms with van der Waals surface area (Å²) in [6.45, 7) is -0.814. The van der Waals surface area contributed by atoms with Gasteiger partial charge in [0.25, 0.3) is 5.91 Å². The molecular weight excluding hydrogens is 304 g/mol. The van der Waals surface area contributed by atoms with Crippen LogP contribution in [0.1, 0.15) is 10.4 Å². The van der Waals surface area contributed by atoms with Crippen molar-refractivity contribution in [2.24, 2.45) is 0 Å². The monoisotopic (exact) mass is 309 g/mol. The van der Waals surface area contributed by atoms with Crippen LogP contribution in [0.25, 0.3) is 0 Å². The van der Waals surface area contributed by atoms with Gasteiger partial charge >= 0.3 is 5.97 Å². The number of amides is 1. The van der Waals surface area contributed by atoms with Gasteiger partial charge in [-0.25, -0.2) is 19.1 Å². The van der Waals surface area contributed by atoms with Gasteiger partial charge in [-0.2, -0.15) is 0 Å². The third-order valence-corrected chi connectivity index (χ3v) is 2.05. The zero-order valence-corrected chi connectivity index (χ0v) is 9.75. The average molecular weight is 310 g/mol. The molecule has 0 radical (unpaired) electrons. The van der Waals surface area contributed by atoms with Crippen LogP contribution in [0.3, 0.4) is 0 Å². The molecule has 1 rings (SSSR count). The molecule has 0 bridgehead atoms. The lowest BCUT2D eigenvalue weighted by Crippen LogP contribution is -2.28. The van der Waals surface area contributed by atoms with E-state index >= 15 is 0 Å². The van der Waals surface area contributed by atoms with Gasteiger partial charge in [0.05, 0.1) is 0 Å². The molecule has 1 aromatic carbocycles. The second-order valence-corrected chi connectivity index (χ2v) is 3.77. The molecule has 0 atom stereocenters. The normalized spacial score (nSPS) is 10.1. The Labute approximate surface area is 102 Å². The van der Waals surface area contributed by atoms with Gasteiger partial charge in [-0.3, -0.25) is 9.63 Å². The highest BCUT2D eigenvalue weighted by atomic mass is 79.9. The lowest BCUT2D eigenvalue weighted by atomic mass is 10.2. The van der Waals surface area contributed by atoms with Crippen molar-refractivity contribution >= 4 is 27.8 Å². The summed E-state index contributed by atoms with van der Waals surface area (Å²) in [6.07, 6.45) is 0. The van der Waals surface area contributed by atoms with Gasteiger partial charge in [-0.1, -0.05) is 15.9 Å². The molecule has 0 fully saturated rings. The van der Waals surface area contributed by atoms with Crippen molar-refractivity contribution in [3.05, 3.63) is 33.8 Å². The molecule has 0 aliphatic heterocycles. The Kier molecular flexibility index (Phi) is 4.53. The van der Waals surface area contributed by atoms with E-state index in [-0.39, 0.29) is 4.47 Å². The van der Waals surface area contributed by atoms with Crippen molar-refractivity contribution in [2.75, 3.05) is 6.61 Å². The molecule has 0 aromatic heterocycles. The molecule has 0 spiro atoms. The maximum absolute atomic E-state index is 13.2. The average Bonchev–Trinajstić information content (AvgIpc) is 2.14. The summed E-state index contributed by atoms with van der Waals surface area (Å²) >= 11 is 2.85. The molecular formula is C9H6BrF2NO4. The van der Waals surface area contributed by atoms with E-state index in [0.717, 1.165) is 12.1 Å². The Bertz CT molecular complexity index is 443. The number of nitrogens with one attached hydrogen (secondary N) is 1. The number of aliphatic carboxylic acids is 1. The van der Waals surface area contributed by atoms with Crippen LogP contribution in [0, 0.1) is 11.6 Å². The van der Waals surface area contributed by atoms with Crippen LogP contribution in [0.15, 0.2) is 16.6 Å². The van der Waals surface area contributed by atoms with Gasteiger partial charge in [-0.05, 0) is 12.1 Å². The Balaban J connectivity index is 2.79. The summed E-state index contributed by atoms with van der Waals surface area (Å²) < 4.78 is 26.6. The summed E-state index contributed by atoms with van der Waals surface area (Å²) in [5.74, 6) is -4.71. The number of hydrogen-bond acceptors (Lipinski definition) is 3. The molecule has 0 heterocycles. The number of hydroxylamine groups is 1. The molecule has 0 aliphatic carbocycles. The second kappa shape index (κ2) is 5.69. The number of rotatable bonds is 4. The largest absolute Gasteiger partial charge is 0.479 e. The van der Waals surface area contributed by atoms with Gasteiger partial charge in [0.15, 0.2) is 6.61 Å². The molecule has 0 saturated carbocycles. The Morgan fingerprint density at radius 1 is 1.35 bits per heavy atom. The van der Waals surface area contributed by atoms with Gasteiger partial charge in [0, 0.05) is 4.47 Å². The Hall–Kier alpha value is -1.54. The smallest absolute Gasteiger partial charge is 0.332 e. The predicted octanol–water partition coefficient (Wildman–Crippen LogP) is 1.47. The number of carboxylic acid groups (broad SMARTS) is 1. The van der Waals surface area contributed by atoms with Crippen molar-refractivity contribution in [3.63, 3.8) is 0 Å². The van der Waals surface area contributed by atoms with E-state index < -0.39 is 35.7 Å². The van der Waals surface area contributed by atoms with E-state index in [4.69, 9.17) is 5.11 Å². The molecule has 1 aromatic rings. The van der Waals surface area contributed by atoms with E-state index in [9.17, 15) is 18.4 Å². The van der Waals surface area contributed by atoms with Crippen molar-refractivity contribution < 1.29 is 28.3 Å². The Morgan fingerprint density at radius 3 is 2.35 bits per heavy atom. The molecule has 92 valence electrons. The highest BCUT2D eigenvalue weighted by molar-refractivity contribution is 9.10. The van der Waals surface area contributed by atoms with Crippen molar-refractivity contribution in [2.45, 2.75) is 0 Å². The first kappa shape index (κ1) is 13.5. The van der Waals surface area contributed by atoms with Crippen LogP contribution >= 0.6 is 15.9 Å². The van der Waals surface area contributed by atoms with Crippen molar-refractivity contribution in [1.29, 1.82) is 0 Å². The first-order chi connectivity index (χ1) is 7.91. The first-order valence-electron chi connectivity index (χ1n) is 4.20. The molecule has 0 saturated heterocycles. The van der Waals surface area contributed by atoms with E-state index in [1.54, 1.807) is 5.48 Å². The summed E-state index contributed by atoms with van der Waals surface area (Å²) in [7, 11) is 0. The molecule has 5 nitrogen and oxygen atoms in total. The molecule has 8 heteroatoms. The van der Waals surface area contributed by atoms with Crippen LogP contribution in [-0.2, 0) is 9.63 Å². The summed E-state index contributed by atoms with van der Waals surface area (Å²) in [5.41, 5.74) is 0.768. The zero-order chi connectivity index (χ0) is 13.0. The fourth-order valence-electron chi connectivity index (χ4n) is 0.974. The number of carbonyl (C=O) groups excluding carboxylic acids is 1. The standard InChI is InChI=1S/C9H6BrF2NO4/c10-4-1-5(11)8(6(12)2-4)9(16)13-17-3-7(14)15/h1-2H,3H2,(H,13,16)(H,14,15). The molecule has 17 heavy (non-hydrogen) atoms. The number of benzene rings is 1. The SMILES string of the molecule is O=C(O)CONC(=O)c1c(F)cc(Br)cc1F.